The number of aromatic amines is 1. The second-order valence-corrected chi connectivity index (χ2v) is 7.12. The third kappa shape index (κ3) is 3.22. The van der Waals surface area contributed by atoms with Crippen molar-refractivity contribution in [2.45, 2.75) is 39.4 Å². The molecule has 5 nitrogen and oxygen atoms in total. The number of nitrogens with one attached hydrogen (secondary N) is 1. The Balaban J connectivity index is 1.66. The molecule has 0 spiro atoms. The Hall–Kier alpha value is -2.31. The van der Waals surface area contributed by atoms with Gasteiger partial charge < -0.3 is 0 Å². The number of aromatic nitrogens is 4. The highest BCUT2D eigenvalue weighted by molar-refractivity contribution is 6.31. The summed E-state index contributed by atoms with van der Waals surface area (Å²) < 4.78 is 13.3. The number of rotatable bonds is 3. The third-order valence-corrected chi connectivity index (χ3v) is 5.18. The van der Waals surface area contributed by atoms with Crippen molar-refractivity contribution in [3.8, 4) is 11.4 Å². The van der Waals surface area contributed by atoms with Crippen molar-refractivity contribution in [1.82, 2.24) is 25.1 Å². The van der Waals surface area contributed by atoms with E-state index < -0.39 is 0 Å². The summed E-state index contributed by atoms with van der Waals surface area (Å²) in [4.78, 5) is 11.6. The van der Waals surface area contributed by atoms with Gasteiger partial charge in [0.25, 0.3) is 0 Å². The first kappa shape index (κ1) is 17.1. The van der Waals surface area contributed by atoms with Gasteiger partial charge in [0.15, 0.2) is 0 Å². The van der Waals surface area contributed by atoms with Crippen molar-refractivity contribution in [2.75, 3.05) is 0 Å². The summed E-state index contributed by atoms with van der Waals surface area (Å²) >= 11 is 6.21. The van der Waals surface area contributed by atoms with Crippen LogP contribution in [0.4, 0.5) is 4.39 Å². The smallest absolute Gasteiger partial charge is 0.126 e. The van der Waals surface area contributed by atoms with Crippen molar-refractivity contribution in [1.29, 1.82) is 0 Å². The third-order valence-electron chi connectivity index (χ3n) is 4.82. The standard InChI is InChI=1S/C19H19ClFN5/c1-11-7-15-18(23-12(2)24-19(15)17-5-6-22-25-17)10-26(11)9-13-3-4-14(21)8-16(13)20/h3-6,8,11H,7,9-10H2,1-2H3,(H,22,25)/t11-/m0/s1. The van der Waals surface area contributed by atoms with Gasteiger partial charge in [0.05, 0.1) is 17.1 Å². The molecule has 0 saturated carbocycles. The number of halogens is 2. The highest BCUT2D eigenvalue weighted by Gasteiger charge is 2.28. The first-order valence-corrected chi connectivity index (χ1v) is 8.93. The van der Waals surface area contributed by atoms with E-state index in [9.17, 15) is 4.39 Å². The molecular weight excluding hydrogens is 353 g/mol. The van der Waals surface area contributed by atoms with Crippen LogP contribution in [0.1, 0.15) is 29.6 Å². The van der Waals surface area contributed by atoms with E-state index in [0.29, 0.717) is 18.1 Å². The Morgan fingerprint density at radius 2 is 2.15 bits per heavy atom. The first-order valence-electron chi connectivity index (χ1n) is 8.55. The summed E-state index contributed by atoms with van der Waals surface area (Å²) in [5, 5.41) is 7.50. The lowest BCUT2D eigenvalue weighted by molar-refractivity contribution is 0.172. The summed E-state index contributed by atoms with van der Waals surface area (Å²) in [5.74, 6) is 0.422. The maximum Gasteiger partial charge on any atom is 0.126 e. The predicted octanol–water partition coefficient (Wildman–Crippen LogP) is 3.91. The molecule has 0 aliphatic carbocycles. The molecule has 0 amide bonds. The lowest BCUT2D eigenvalue weighted by atomic mass is 9.95. The van der Waals surface area contributed by atoms with E-state index in [1.54, 1.807) is 12.3 Å². The Bertz CT molecular complexity index is 941. The average molecular weight is 372 g/mol. The summed E-state index contributed by atoms with van der Waals surface area (Å²) in [6.45, 7) is 5.44. The topological polar surface area (TPSA) is 57.7 Å². The van der Waals surface area contributed by atoms with E-state index in [4.69, 9.17) is 11.6 Å². The van der Waals surface area contributed by atoms with Gasteiger partial charge in [-0.1, -0.05) is 17.7 Å². The minimum atomic E-state index is -0.316. The zero-order chi connectivity index (χ0) is 18.3. The number of fused-ring (bicyclic) bond motifs is 1. The fourth-order valence-corrected chi connectivity index (χ4v) is 3.69. The Labute approximate surface area is 156 Å². The minimum absolute atomic E-state index is 0.289. The zero-order valence-corrected chi connectivity index (χ0v) is 15.4. The lowest BCUT2D eigenvalue weighted by Crippen LogP contribution is -2.39. The van der Waals surface area contributed by atoms with Crippen LogP contribution < -0.4 is 0 Å². The molecular formula is C19H19ClFN5. The average Bonchev–Trinajstić information content (AvgIpc) is 3.12. The molecule has 1 atom stereocenters. The van der Waals surface area contributed by atoms with Crippen molar-refractivity contribution < 1.29 is 4.39 Å². The molecule has 7 heteroatoms. The summed E-state index contributed by atoms with van der Waals surface area (Å²) in [6.07, 6.45) is 2.57. The number of nitrogens with zero attached hydrogens (tertiary/aromatic N) is 4. The second kappa shape index (κ2) is 6.78. The van der Waals surface area contributed by atoms with Crippen LogP contribution >= 0.6 is 11.6 Å². The maximum absolute atomic E-state index is 13.3. The number of H-pyrrole nitrogens is 1. The van der Waals surface area contributed by atoms with E-state index in [2.05, 4.69) is 32.0 Å². The van der Waals surface area contributed by atoms with Crippen LogP contribution in [0.5, 0.6) is 0 Å². The zero-order valence-electron chi connectivity index (χ0n) is 14.6. The molecule has 1 N–H and O–H groups in total. The fourth-order valence-electron chi connectivity index (χ4n) is 3.46. The quantitative estimate of drug-likeness (QED) is 0.758. The van der Waals surface area contributed by atoms with Gasteiger partial charge >= 0.3 is 0 Å². The number of hydrogen-bond donors (Lipinski definition) is 1. The normalized spacial score (nSPS) is 17.3. The van der Waals surface area contributed by atoms with Gasteiger partial charge in [-0.3, -0.25) is 10.00 Å². The molecule has 3 aromatic rings. The van der Waals surface area contributed by atoms with E-state index in [-0.39, 0.29) is 11.9 Å². The Morgan fingerprint density at radius 1 is 1.31 bits per heavy atom. The number of aryl methyl sites for hydroxylation is 1. The van der Waals surface area contributed by atoms with Gasteiger partial charge in [-0.15, -0.1) is 0 Å². The summed E-state index contributed by atoms with van der Waals surface area (Å²) in [6, 6.07) is 6.78. The summed E-state index contributed by atoms with van der Waals surface area (Å²) in [7, 11) is 0. The van der Waals surface area contributed by atoms with Gasteiger partial charge in [0, 0.05) is 35.9 Å². The van der Waals surface area contributed by atoms with Crippen molar-refractivity contribution >= 4 is 11.6 Å². The first-order chi connectivity index (χ1) is 12.5. The van der Waals surface area contributed by atoms with Crippen LogP contribution in [-0.4, -0.2) is 31.1 Å². The number of hydrogen-bond acceptors (Lipinski definition) is 4. The largest absolute Gasteiger partial charge is 0.290 e. The molecule has 0 fully saturated rings. The van der Waals surface area contributed by atoms with Gasteiger partial charge in [-0.2, -0.15) is 5.10 Å². The van der Waals surface area contributed by atoms with E-state index in [0.717, 1.165) is 40.5 Å². The Morgan fingerprint density at radius 3 is 2.88 bits per heavy atom. The molecule has 1 aliphatic heterocycles. The molecule has 0 radical (unpaired) electrons. The van der Waals surface area contributed by atoms with Crippen LogP contribution in [0.15, 0.2) is 30.5 Å². The van der Waals surface area contributed by atoms with E-state index in [1.807, 2.05) is 13.0 Å². The van der Waals surface area contributed by atoms with Gasteiger partial charge in [-0.05, 0) is 44.0 Å². The molecule has 134 valence electrons. The van der Waals surface area contributed by atoms with Crippen molar-refractivity contribution in [3.05, 3.63) is 63.9 Å². The molecule has 1 aliphatic rings. The van der Waals surface area contributed by atoms with Crippen LogP contribution in [0.3, 0.4) is 0 Å². The molecule has 26 heavy (non-hydrogen) atoms. The molecule has 0 saturated heterocycles. The maximum atomic E-state index is 13.3. The fraction of sp³-hybridized carbons (Fsp3) is 0.316. The van der Waals surface area contributed by atoms with E-state index >= 15 is 0 Å². The molecule has 0 unspecified atom stereocenters. The lowest BCUT2D eigenvalue weighted by Gasteiger charge is -2.35. The molecule has 3 heterocycles. The molecule has 4 rings (SSSR count). The minimum Gasteiger partial charge on any atom is -0.290 e. The Kier molecular flexibility index (Phi) is 4.46. The van der Waals surface area contributed by atoms with Crippen LogP contribution in [-0.2, 0) is 19.5 Å². The number of benzene rings is 1. The predicted molar refractivity (Wildman–Crippen MR) is 98.2 cm³/mol. The van der Waals surface area contributed by atoms with Crippen LogP contribution in [0.2, 0.25) is 5.02 Å². The highest BCUT2D eigenvalue weighted by Crippen LogP contribution is 2.31. The van der Waals surface area contributed by atoms with Crippen molar-refractivity contribution in [2.24, 2.45) is 0 Å². The van der Waals surface area contributed by atoms with Crippen molar-refractivity contribution in [3.63, 3.8) is 0 Å². The second-order valence-electron chi connectivity index (χ2n) is 6.71. The van der Waals surface area contributed by atoms with Gasteiger partial charge in [0.2, 0.25) is 0 Å². The highest BCUT2D eigenvalue weighted by atomic mass is 35.5. The van der Waals surface area contributed by atoms with Crippen LogP contribution in [0.25, 0.3) is 11.4 Å². The molecule has 1 aromatic carbocycles. The monoisotopic (exact) mass is 371 g/mol. The molecule has 2 aromatic heterocycles. The van der Waals surface area contributed by atoms with Gasteiger partial charge in [0.1, 0.15) is 11.6 Å². The summed E-state index contributed by atoms with van der Waals surface area (Å²) in [5.41, 5.74) is 4.94. The SMILES string of the molecule is Cc1nc2c(c(-c3ccn[nH]3)n1)C[C@H](C)N(Cc1ccc(F)cc1Cl)C2. The van der Waals surface area contributed by atoms with Crippen LogP contribution in [0, 0.1) is 12.7 Å². The molecule has 0 bridgehead atoms. The van der Waals surface area contributed by atoms with Gasteiger partial charge in [-0.25, -0.2) is 14.4 Å². The van der Waals surface area contributed by atoms with E-state index in [1.165, 1.54) is 12.1 Å².